The zero-order valence-electron chi connectivity index (χ0n) is 13.1. The lowest BCUT2D eigenvalue weighted by atomic mass is 10.1. The van der Waals surface area contributed by atoms with E-state index in [1.807, 2.05) is 0 Å². The van der Waals surface area contributed by atoms with E-state index in [1.165, 1.54) is 0 Å². The summed E-state index contributed by atoms with van der Waals surface area (Å²) in [6.07, 6.45) is 0. The highest BCUT2D eigenvalue weighted by Crippen LogP contribution is 2.38. The fourth-order valence-corrected chi connectivity index (χ4v) is 2.88. The van der Waals surface area contributed by atoms with Gasteiger partial charge in [-0.1, -0.05) is 69.6 Å². The van der Waals surface area contributed by atoms with E-state index in [9.17, 15) is 35.1 Å². The molecule has 0 atom stereocenters. The Bertz CT molecular complexity index is 835. The van der Waals surface area contributed by atoms with E-state index in [0.29, 0.717) is 6.07 Å². The molecule has 0 heterocycles. The predicted octanol–water partition coefficient (Wildman–Crippen LogP) is 8.91. The summed E-state index contributed by atoms with van der Waals surface area (Å²) in [6.45, 7) is 0. The molecule has 162 valence electrons. The summed E-state index contributed by atoms with van der Waals surface area (Å²) < 4.78 is 103. The largest absolute Gasteiger partial charge is 0.204 e. The molecule has 14 heteroatoms. The third kappa shape index (κ3) is 5.86. The van der Waals surface area contributed by atoms with Gasteiger partial charge in [0.05, 0.1) is 11.1 Å². The maximum Gasteiger partial charge on any atom is 0.197 e. The summed E-state index contributed by atoms with van der Waals surface area (Å²) in [7, 11) is 0. The van der Waals surface area contributed by atoms with Gasteiger partial charge in [-0.05, 0) is 6.07 Å². The van der Waals surface area contributed by atoms with Gasteiger partial charge in [-0.25, -0.2) is 35.1 Å². The van der Waals surface area contributed by atoms with Crippen molar-refractivity contribution in [3.05, 3.63) is 69.3 Å². The van der Waals surface area contributed by atoms with E-state index in [2.05, 4.69) is 0 Å². The third-order valence-corrected chi connectivity index (χ3v) is 4.48. The lowest BCUT2D eigenvalue weighted by Crippen LogP contribution is -2.08. The number of hydrogen-bond donors (Lipinski definition) is 0. The first-order valence-electron chi connectivity index (χ1n) is 6.76. The Morgan fingerprint density at radius 1 is 0.448 bits per heavy atom. The maximum absolute atomic E-state index is 13.2. The fraction of sp³-hybridized carbons (Fsp3) is 0.200. The Balaban J connectivity index is 0.000000296. The lowest BCUT2D eigenvalue weighted by molar-refractivity contribution is 0.405. The molecular formula is C15H4Cl6F8. The normalized spacial score (nSPS) is 11.3. The van der Waals surface area contributed by atoms with Crippen LogP contribution in [0.25, 0.3) is 0 Å². The van der Waals surface area contributed by atoms with Crippen molar-refractivity contribution in [1.82, 2.24) is 0 Å². The van der Waals surface area contributed by atoms with E-state index < -0.39 is 77.7 Å². The van der Waals surface area contributed by atoms with Crippen molar-refractivity contribution in [2.45, 2.75) is 14.5 Å². The highest BCUT2D eigenvalue weighted by Gasteiger charge is 2.30. The Morgan fingerprint density at radius 3 is 1.07 bits per heavy atom. The number of halogens is 14. The zero-order valence-corrected chi connectivity index (χ0v) is 17.6. The number of alkyl halides is 6. The minimum atomic E-state index is -1.92. The van der Waals surface area contributed by atoms with Crippen LogP contribution in [0.4, 0.5) is 35.1 Å². The Kier molecular flexibility index (Phi) is 9.90. The van der Waals surface area contributed by atoms with Crippen LogP contribution in [0.1, 0.15) is 31.2 Å². The minimum absolute atomic E-state index is 0.415. The second kappa shape index (κ2) is 10.8. The van der Waals surface area contributed by atoms with Crippen molar-refractivity contribution < 1.29 is 35.1 Å². The van der Waals surface area contributed by atoms with Gasteiger partial charge in [0.15, 0.2) is 46.5 Å². The highest BCUT2D eigenvalue weighted by molar-refractivity contribution is 6.45. The summed E-state index contributed by atoms with van der Waals surface area (Å²) in [6, 6.07) is 0.415. The van der Waals surface area contributed by atoms with Gasteiger partial charge in [0, 0.05) is 5.56 Å². The fourth-order valence-electron chi connectivity index (χ4n) is 1.80. The van der Waals surface area contributed by atoms with E-state index >= 15 is 0 Å². The van der Waals surface area contributed by atoms with Crippen LogP contribution >= 0.6 is 69.6 Å². The molecule has 0 unspecified atom stereocenters. The molecule has 0 N–H and O–H groups in total. The Hall–Kier alpha value is -0.380. The molecule has 0 amide bonds. The summed E-state index contributed by atoms with van der Waals surface area (Å²) in [5.74, 6) is -13.7. The van der Waals surface area contributed by atoms with Gasteiger partial charge in [-0.2, -0.15) is 0 Å². The molecule has 29 heavy (non-hydrogen) atoms. The molecule has 0 aliphatic carbocycles. The average molecular weight is 549 g/mol. The molecule has 0 saturated heterocycles. The molecule has 0 fully saturated rings. The molecule has 2 rings (SSSR count). The lowest BCUT2D eigenvalue weighted by Gasteiger charge is -2.12. The van der Waals surface area contributed by atoms with Gasteiger partial charge >= 0.3 is 0 Å². The van der Waals surface area contributed by atoms with Crippen molar-refractivity contribution in [2.24, 2.45) is 0 Å². The minimum Gasteiger partial charge on any atom is -0.204 e. The Morgan fingerprint density at radius 2 is 0.793 bits per heavy atom. The van der Waals surface area contributed by atoms with Gasteiger partial charge in [0.2, 0.25) is 0 Å². The van der Waals surface area contributed by atoms with Crippen molar-refractivity contribution in [1.29, 1.82) is 0 Å². The van der Waals surface area contributed by atoms with Crippen molar-refractivity contribution in [3.8, 4) is 0 Å². The molecule has 0 nitrogen and oxygen atoms in total. The molecule has 0 radical (unpaired) electrons. The average Bonchev–Trinajstić information content (AvgIpc) is 2.61. The zero-order chi connectivity index (χ0) is 22.8. The first-order valence-corrected chi connectivity index (χ1v) is 9.38. The first kappa shape index (κ1) is 26.7. The molecule has 2 aromatic rings. The monoisotopic (exact) mass is 546 g/mol. The number of benzene rings is 2. The molecule has 0 spiro atoms. The van der Waals surface area contributed by atoms with Crippen LogP contribution < -0.4 is 0 Å². The number of rotatable bonds is 3. The van der Waals surface area contributed by atoms with Crippen LogP contribution in [0.5, 0.6) is 0 Å². The van der Waals surface area contributed by atoms with Crippen LogP contribution in [-0.2, 0) is 0 Å². The van der Waals surface area contributed by atoms with E-state index in [4.69, 9.17) is 69.6 Å². The second-order valence-corrected chi connectivity index (χ2v) is 8.16. The molecule has 0 aromatic heterocycles. The Labute approximate surface area is 188 Å². The molecular weight excluding hydrogens is 545 g/mol. The van der Waals surface area contributed by atoms with Crippen LogP contribution in [0, 0.1) is 46.5 Å². The summed E-state index contributed by atoms with van der Waals surface area (Å²) in [5.41, 5.74) is -2.85. The van der Waals surface area contributed by atoms with Crippen molar-refractivity contribution in [3.63, 3.8) is 0 Å². The van der Waals surface area contributed by atoms with Crippen LogP contribution in [0.2, 0.25) is 0 Å². The summed E-state index contributed by atoms with van der Waals surface area (Å²) in [4.78, 5) is -4.94. The van der Waals surface area contributed by atoms with Gasteiger partial charge in [-0.3, -0.25) is 0 Å². The quantitative estimate of drug-likeness (QED) is 0.155. The van der Waals surface area contributed by atoms with Crippen LogP contribution in [-0.4, -0.2) is 0 Å². The number of hydrogen-bond acceptors (Lipinski definition) is 0. The van der Waals surface area contributed by atoms with Gasteiger partial charge in [0.1, 0.15) is 14.5 Å². The first-order chi connectivity index (χ1) is 13.2. The van der Waals surface area contributed by atoms with Crippen LogP contribution in [0.3, 0.4) is 0 Å². The van der Waals surface area contributed by atoms with Gasteiger partial charge in [-0.15, -0.1) is 0 Å². The predicted molar refractivity (Wildman–Crippen MR) is 95.9 cm³/mol. The molecule has 0 aliphatic rings. The van der Waals surface area contributed by atoms with Gasteiger partial charge < -0.3 is 0 Å². The van der Waals surface area contributed by atoms with E-state index in [1.54, 1.807) is 0 Å². The molecule has 0 saturated carbocycles. The van der Waals surface area contributed by atoms with E-state index in [0.717, 1.165) is 0 Å². The molecule has 2 aromatic carbocycles. The highest BCUT2D eigenvalue weighted by atomic mass is 35.5. The second-order valence-electron chi connectivity index (χ2n) is 4.87. The third-order valence-electron chi connectivity index (χ3n) is 3.13. The SMILES string of the molecule is Fc1c(F)c(C(Cl)Cl)c(F)c(F)c1C(Cl)Cl.Fc1cc(C(Cl)Cl)c(F)c(F)c1F. The molecule has 0 bridgehead atoms. The molecule has 0 aliphatic heterocycles. The summed E-state index contributed by atoms with van der Waals surface area (Å²) >= 11 is 31.1. The summed E-state index contributed by atoms with van der Waals surface area (Å²) in [5, 5.41) is 0. The van der Waals surface area contributed by atoms with Crippen LogP contribution in [0.15, 0.2) is 6.07 Å². The van der Waals surface area contributed by atoms with Gasteiger partial charge in [0.25, 0.3) is 0 Å². The topological polar surface area (TPSA) is 0 Å². The standard InChI is InChI=1S/C8H2Cl4F4.C7H2Cl2F4/c9-7(10)1-3(13)5(15)2(8(11)12)6(16)4(1)14;8-7(9)2-1-3(10)5(12)6(13)4(2)11/h7-8H;1,7H. The maximum atomic E-state index is 13.2. The van der Waals surface area contributed by atoms with Crippen molar-refractivity contribution in [2.75, 3.05) is 0 Å². The van der Waals surface area contributed by atoms with Crippen molar-refractivity contribution >= 4 is 69.6 Å². The smallest absolute Gasteiger partial charge is 0.197 e. The van der Waals surface area contributed by atoms with E-state index in [-0.39, 0.29) is 0 Å².